The summed E-state index contributed by atoms with van der Waals surface area (Å²) in [6, 6.07) is 1.16. The second-order valence-corrected chi connectivity index (χ2v) is 7.51. The summed E-state index contributed by atoms with van der Waals surface area (Å²) in [6.45, 7) is 8.11. The number of rotatable bonds is 6. The van der Waals surface area contributed by atoms with Crippen molar-refractivity contribution in [1.29, 1.82) is 0 Å². The fourth-order valence-corrected chi connectivity index (χ4v) is 2.98. The summed E-state index contributed by atoms with van der Waals surface area (Å²) in [6.07, 6.45) is 1.07. The summed E-state index contributed by atoms with van der Waals surface area (Å²) >= 11 is 0. The minimum absolute atomic E-state index is 0.753. The lowest BCUT2D eigenvalue weighted by molar-refractivity contribution is 0.238. The van der Waals surface area contributed by atoms with Crippen LogP contribution < -0.4 is 0 Å². The van der Waals surface area contributed by atoms with Crippen molar-refractivity contribution in [2.24, 2.45) is 0 Å². The molecule has 0 heterocycles. The molecule has 2 nitrogen and oxygen atoms in total. The van der Waals surface area contributed by atoms with Gasteiger partial charge >= 0.3 is 0 Å². The van der Waals surface area contributed by atoms with Crippen molar-refractivity contribution in [3.63, 3.8) is 0 Å². The molecule has 0 fully saturated rings. The van der Waals surface area contributed by atoms with Crippen LogP contribution in [0.1, 0.15) is 13.3 Å². The minimum atomic E-state index is -1.35. The topological polar surface area (TPSA) is 18.5 Å². The highest BCUT2D eigenvalue weighted by Gasteiger charge is 2.20. The number of hydrogen-bond acceptors (Lipinski definition) is 2. The van der Waals surface area contributed by atoms with E-state index in [0.717, 1.165) is 25.7 Å². The molecule has 3 heteroatoms. The van der Waals surface area contributed by atoms with Crippen LogP contribution in [0.2, 0.25) is 19.1 Å². The molecule has 0 unspecified atom stereocenters. The van der Waals surface area contributed by atoms with E-state index in [-0.39, 0.29) is 0 Å². The van der Waals surface area contributed by atoms with Crippen LogP contribution in [-0.4, -0.2) is 21.5 Å². The number of hydrogen-bond donors (Lipinski definition) is 0. The van der Waals surface area contributed by atoms with Gasteiger partial charge in [-0.25, -0.2) is 0 Å². The van der Waals surface area contributed by atoms with Gasteiger partial charge in [-0.3, -0.25) is 0 Å². The van der Waals surface area contributed by atoms with Gasteiger partial charge in [-0.2, -0.15) is 0 Å². The third-order valence-corrected chi connectivity index (χ3v) is 4.23. The van der Waals surface area contributed by atoms with Crippen molar-refractivity contribution < 1.29 is 9.16 Å². The van der Waals surface area contributed by atoms with Crippen LogP contribution >= 0.6 is 0 Å². The van der Waals surface area contributed by atoms with Crippen LogP contribution in [0.5, 0.6) is 0 Å². The van der Waals surface area contributed by atoms with Gasteiger partial charge in [0.25, 0.3) is 0 Å². The third kappa shape index (κ3) is 6.53. The quantitative estimate of drug-likeness (QED) is 0.456. The van der Waals surface area contributed by atoms with Gasteiger partial charge in [0.1, 0.15) is 0 Å². The lowest BCUT2D eigenvalue weighted by Gasteiger charge is -2.21. The molecule has 0 spiro atoms. The molecule has 0 bridgehead atoms. The number of ether oxygens (including phenoxy) is 1. The van der Waals surface area contributed by atoms with E-state index in [2.05, 4.69) is 20.2 Å². The predicted octanol–water partition coefficient (Wildman–Crippen LogP) is 2.43. The van der Waals surface area contributed by atoms with Crippen molar-refractivity contribution >= 4 is 8.32 Å². The fraction of sp³-hybridized carbons (Fsp3) is 0.875. The van der Waals surface area contributed by atoms with Gasteiger partial charge in [-0.1, -0.05) is 0 Å². The standard InChI is InChI=1S/C8H19O2Si/c1-5-10-11(3,4)8-6-7-9-2/h2,5-8H2,1,3-4H3. The zero-order valence-corrected chi connectivity index (χ0v) is 8.85. The highest BCUT2D eigenvalue weighted by molar-refractivity contribution is 6.71. The predicted molar refractivity (Wildman–Crippen MR) is 49.8 cm³/mol. The van der Waals surface area contributed by atoms with Gasteiger partial charge < -0.3 is 9.16 Å². The highest BCUT2D eigenvalue weighted by atomic mass is 28.4. The summed E-state index contributed by atoms with van der Waals surface area (Å²) in [5, 5.41) is 0. The van der Waals surface area contributed by atoms with Crippen LogP contribution in [0.3, 0.4) is 0 Å². The molecule has 67 valence electrons. The first kappa shape index (κ1) is 11.1. The monoisotopic (exact) mass is 175 g/mol. The van der Waals surface area contributed by atoms with Crippen molar-refractivity contribution in [2.45, 2.75) is 32.5 Å². The van der Waals surface area contributed by atoms with Crippen molar-refractivity contribution in [1.82, 2.24) is 0 Å². The fourth-order valence-electron chi connectivity index (χ4n) is 1.06. The molecule has 0 atom stereocenters. The lowest BCUT2D eigenvalue weighted by atomic mass is 10.5. The van der Waals surface area contributed by atoms with E-state index in [9.17, 15) is 0 Å². The molecule has 0 aromatic carbocycles. The van der Waals surface area contributed by atoms with E-state index in [1.165, 1.54) is 0 Å². The Morgan fingerprint density at radius 2 is 2.00 bits per heavy atom. The smallest absolute Gasteiger partial charge is 0.186 e. The average Bonchev–Trinajstić information content (AvgIpc) is 1.87. The minimum Gasteiger partial charge on any atom is -0.418 e. The van der Waals surface area contributed by atoms with Crippen LogP contribution in [-0.2, 0) is 9.16 Å². The maximum Gasteiger partial charge on any atom is 0.186 e. The zero-order valence-electron chi connectivity index (χ0n) is 7.85. The molecule has 11 heavy (non-hydrogen) atoms. The molecule has 0 rings (SSSR count). The molecular formula is C8H19O2Si. The Hall–Kier alpha value is 0.137. The van der Waals surface area contributed by atoms with Gasteiger partial charge in [-0.15, -0.1) is 0 Å². The Bertz CT molecular complexity index is 94.1. The summed E-state index contributed by atoms with van der Waals surface area (Å²) < 4.78 is 10.4. The van der Waals surface area contributed by atoms with Gasteiger partial charge in [0.2, 0.25) is 0 Å². The largest absolute Gasteiger partial charge is 0.418 e. The molecule has 0 aliphatic rings. The normalized spacial score (nSPS) is 12.0. The molecule has 0 aliphatic carbocycles. The maximum absolute atomic E-state index is 5.64. The maximum atomic E-state index is 5.64. The van der Waals surface area contributed by atoms with Crippen LogP contribution in [0, 0.1) is 7.11 Å². The second-order valence-electron chi connectivity index (χ2n) is 3.20. The molecule has 0 aromatic heterocycles. The Morgan fingerprint density at radius 3 is 2.45 bits per heavy atom. The molecular weight excluding hydrogens is 156 g/mol. The molecule has 0 N–H and O–H groups in total. The first-order valence-corrected chi connectivity index (χ1v) is 7.25. The molecule has 0 aromatic rings. The van der Waals surface area contributed by atoms with Gasteiger partial charge in [-0.05, 0) is 32.5 Å². The van der Waals surface area contributed by atoms with Crippen LogP contribution in [0.15, 0.2) is 0 Å². The summed E-state index contributed by atoms with van der Waals surface area (Å²) in [4.78, 5) is 0. The Labute approximate surface area is 71.0 Å². The third-order valence-electron chi connectivity index (χ3n) is 1.60. The van der Waals surface area contributed by atoms with Crippen molar-refractivity contribution in [3.8, 4) is 0 Å². The SMILES string of the molecule is [CH2]OCCC[Si](C)(C)OCC. The summed E-state index contributed by atoms with van der Waals surface area (Å²) in [5.74, 6) is 0. The van der Waals surface area contributed by atoms with E-state index in [1.807, 2.05) is 6.92 Å². The van der Waals surface area contributed by atoms with E-state index in [4.69, 9.17) is 9.16 Å². The Kier molecular flexibility index (Phi) is 5.82. The highest BCUT2D eigenvalue weighted by Crippen LogP contribution is 2.13. The second kappa shape index (κ2) is 5.74. The Balaban J connectivity index is 3.38. The van der Waals surface area contributed by atoms with E-state index in [1.54, 1.807) is 0 Å². The molecule has 0 amide bonds. The van der Waals surface area contributed by atoms with E-state index in [0.29, 0.717) is 0 Å². The summed E-state index contributed by atoms with van der Waals surface area (Å²) in [5.41, 5.74) is 0. The van der Waals surface area contributed by atoms with E-state index >= 15 is 0 Å². The molecule has 1 radical (unpaired) electrons. The van der Waals surface area contributed by atoms with Gasteiger partial charge in [0.05, 0.1) is 7.11 Å². The Morgan fingerprint density at radius 1 is 1.36 bits per heavy atom. The van der Waals surface area contributed by atoms with Crippen molar-refractivity contribution in [3.05, 3.63) is 7.11 Å². The molecule has 0 aliphatic heterocycles. The first-order valence-electron chi connectivity index (χ1n) is 4.13. The average molecular weight is 175 g/mol. The van der Waals surface area contributed by atoms with Crippen LogP contribution in [0.25, 0.3) is 0 Å². The van der Waals surface area contributed by atoms with E-state index < -0.39 is 8.32 Å². The van der Waals surface area contributed by atoms with Crippen LogP contribution in [0.4, 0.5) is 0 Å². The van der Waals surface area contributed by atoms with Gasteiger partial charge in [0, 0.05) is 13.2 Å². The first-order chi connectivity index (χ1) is 5.12. The van der Waals surface area contributed by atoms with Gasteiger partial charge in [0.15, 0.2) is 8.32 Å². The lowest BCUT2D eigenvalue weighted by Crippen LogP contribution is -2.30. The van der Waals surface area contributed by atoms with Crippen molar-refractivity contribution in [2.75, 3.05) is 13.2 Å². The molecule has 0 saturated heterocycles. The summed E-state index contributed by atoms with van der Waals surface area (Å²) in [7, 11) is 1.98. The molecule has 0 saturated carbocycles. The zero-order chi connectivity index (χ0) is 8.74.